The number of hydrogen-bond donors (Lipinski definition) is 4. The zero-order valence-electron chi connectivity index (χ0n) is 20.3. The van der Waals surface area contributed by atoms with Crippen LogP contribution in [0.25, 0.3) is 27.9 Å². The number of alkyl halides is 3. The van der Waals surface area contributed by atoms with Crippen molar-refractivity contribution >= 4 is 46.1 Å². The number of nitrogen functional groups attached to an aromatic ring is 1. The van der Waals surface area contributed by atoms with Crippen LogP contribution in [0.15, 0.2) is 53.6 Å². The molecule has 4 aromatic heterocycles. The molecule has 5 aromatic rings. The number of nitrogens with two attached hydrogens (primary N) is 1. The molecule has 39 heavy (non-hydrogen) atoms. The van der Waals surface area contributed by atoms with Gasteiger partial charge < -0.3 is 21.1 Å². The Kier molecular flexibility index (Phi) is 7.40. The van der Waals surface area contributed by atoms with Crippen molar-refractivity contribution in [1.29, 1.82) is 0 Å². The second-order valence-electron chi connectivity index (χ2n) is 8.25. The first-order chi connectivity index (χ1) is 18.4. The predicted molar refractivity (Wildman–Crippen MR) is 138 cm³/mol. The second kappa shape index (κ2) is 10.6. The van der Waals surface area contributed by atoms with Crippen LogP contribution in [-0.4, -0.2) is 46.6 Å². The van der Waals surface area contributed by atoms with Crippen molar-refractivity contribution in [3.63, 3.8) is 0 Å². The van der Waals surface area contributed by atoms with Crippen LogP contribution in [0.5, 0.6) is 0 Å². The molecule has 0 radical (unpaired) electrons. The van der Waals surface area contributed by atoms with Gasteiger partial charge in [-0.1, -0.05) is 29.8 Å². The molecule has 0 bridgehead atoms. The molecule has 4 heterocycles. The number of rotatable bonds is 4. The highest BCUT2D eigenvalue weighted by Crippen LogP contribution is 2.30. The molecule has 0 spiro atoms. The molecule has 15 heteroatoms. The molecule has 0 aliphatic rings. The number of nitrogens with zero attached hydrogens (tertiary/aromatic N) is 5. The molecule has 0 aliphatic heterocycles. The van der Waals surface area contributed by atoms with E-state index in [0.29, 0.717) is 44.5 Å². The molecule has 1 atom stereocenters. The van der Waals surface area contributed by atoms with Gasteiger partial charge in [-0.25, -0.2) is 14.8 Å². The van der Waals surface area contributed by atoms with Crippen molar-refractivity contribution in [2.75, 3.05) is 11.1 Å². The van der Waals surface area contributed by atoms with E-state index in [1.54, 1.807) is 22.6 Å². The van der Waals surface area contributed by atoms with Gasteiger partial charge in [0.15, 0.2) is 11.5 Å². The Hall–Kier alpha value is -4.72. The first-order valence-electron chi connectivity index (χ1n) is 11.2. The lowest BCUT2D eigenvalue weighted by Gasteiger charge is -2.19. The second-order valence-corrected chi connectivity index (χ2v) is 8.68. The molecular formula is C24H20ClF3N8O3. The van der Waals surface area contributed by atoms with Crippen LogP contribution < -0.4 is 16.6 Å². The van der Waals surface area contributed by atoms with Gasteiger partial charge in [-0.3, -0.25) is 9.20 Å². The van der Waals surface area contributed by atoms with Crippen molar-refractivity contribution < 1.29 is 23.1 Å². The molecule has 5 N–H and O–H groups in total. The summed E-state index contributed by atoms with van der Waals surface area (Å²) in [7, 11) is 0. The molecule has 1 unspecified atom stereocenters. The molecule has 0 amide bonds. The maximum atomic E-state index is 13.7. The minimum absolute atomic E-state index is 0.105. The molecular weight excluding hydrogens is 541 g/mol. The summed E-state index contributed by atoms with van der Waals surface area (Å²) in [5, 5.41) is 11.0. The van der Waals surface area contributed by atoms with Crippen molar-refractivity contribution in [3.8, 4) is 11.1 Å². The van der Waals surface area contributed by atoms with E-state index in [4.69, 9.17) is 32.2 Å². The number of nitrogens with one attached hydrogen (secondary N) is 2. The third-order valence-electron chi connectivity index (χ3n) is 5.49. The number of H-pyrrole nitrogens is 1. The monoisotopic (exact) mass is 560 g/mol. The van der Waals surface area contributed by atoms with Crippen LogP contribution in [0.1, 0.15) is 24.4 Å². The number of aromatic nitrogens is 6. The highest BCUT2D eigenvalue weighted by atomic mass is 35.5. The Morgan fingerprint density at radius 3 is 2.54 bits per heavy atom. The number of imidazole rings is 1. The van der Waals surface area contributed by atoms with Crippen LogP contribution in [0.3, 0.4) is 0 Å². The van der Waals surface area contributed by atoms with Crippen LogP contribution >= 0.6 is 11.6 Å². The van der Waals surface area contributed by atoms with Gasteiger partial charge in [-0.15, -0.1) is 0 Å². The lowest BCUT2D eigenvalue weighted by molar-refractivity contribution is -0.192. The first-order valence-corrected chi connectivity index (χ1v) is 11.6. The lowest BCUT2D eigenvalue weighted by atomic mass is 10.0. The van der Waals surface area contributed by atoms with Crippen molar-refractivity contribution in [1.82, 2.24) is 29.3 Å². The van der Waals surface area contributed by atoms with Gasteiger partial charge >= 0.3 is 12.1 Å². The van der Waals surface area contributed by atoms with E-state index in [1.165, 1.54) is 6.33 Å². The van der Waals surface area contributed by atoms with Gasteiger partial charge in [-0.2, -0.15) is 23.1 Å². The average Bonchev–Trinajstić information content (AvgIpc) is 3.32. The lowest BCUT2D eigenvalue weighted by Crippen LogP contribution is -2.24. The van der Waals surface area contributed by atoms with Crippen molar-refractivity contribution in [2.45, 2.75) is 26.1 Å². The van der Waals surface area contributed by atoms with E-state index < -0.39 is 18.2 Å². The Labute approximate surface area is 222 Å². The van der Waals surface area contributed by atoms with Gasteiger partial charge in [0.25, 0.3) is 5.56 Å². The van der Waals surface area contributed by atoms with Crippen molar-refractivity contribution in [3.05, 3.63) is 75.6 Å². The largest absolute Gasteiger partial charge is 0.490 e. The van der Waals surface area contributed by atoms with Gasteiger partial charge in [0.1, 0.15) is 11.2 Å². The summed E-state index contributed by atoms with van der Waals surface area (Å²) >= 11 is 6.24. The number of aryl methyl sites for hydroxylation is 1. The van der Waals surface area contributed by atoms with Crippen LogP contribution in [0.2, 0.25) is 5.02 Å². The van der Waals surface area contributed by atoms with Crippen LogP contribution in [-0.2, 0) is 4.79 Å². The summed E-state index contributed by atoms with van der Waals surface area (Å²) < 4.78 is 33.3. The summed E-state index contributed by atoms with van der Waals surface area (Å²) in [4.78, 5) is 43.0. The quantitative estimate of drug-likeness (QED) is 0.250. The predicted octanol–water partition coefficient (Wildman–Crippen LogP) is 4.38. The number of carboxylic acid groups (broad SMARTS) is 1. The number of carbonyl (C=O) groups is 1. The summed E-state index contributed by atoms with van der Waals surface area (Å²) in [6.07, 6.45) is -3.56. The molecule has 1 aromatic carbocycles. The zero-order chi connectivity index (χ0) is 28.5. The molecule has 0 saturated heterocycles. The molecule has 0 saturated carbocycles. The normalized spacial score (nSPS) is 12.2. The van der Waals surface area contributed by atoms with E-state index >= 15 is 0 Å². The number of fused-ring (bicyclic) bond motifs is 2. The number of benzene rings is 1. The number of pyridine rings is 1. The Morgan fingerprint density at radius 2 is 1.87 bits per heavy atom. The fourth-order valence-corrected chi connectivity index (χ4v) is 4.00. The zero-order valence-corrected chi connectivity index (χ0v) is 21.0. The van der Waals surface area contributed by atoms with Gasteiger partial charge in [0.05, 0.1) is 23.6 Å². The maximum absolute atomic E-state index is 13.7. The number of halogens is 4. The topological polar surface area (TPSA) is 164 Å². The average molecular weight is 561 g/mol. The van der Waals surface area contributed by atoms with E-state index in [2.05, 4.69) is 25.3 Å². The molecule has 5 rings (SSSR count). The highest BCUT2D eigenvalue weighted by Gasteiger charge is 2.38. The number of anilines is 2. The minimum Gasteiger partial charge on any atom is -0.475 e. The molecule has 0 fully saturated rings. The van der Waals surface area contributed by atoms with E-state index in [0.717, 1.165) is 5.69 Å². The Bertz CT molecular complexity index is 1750. The number of hydrogen-bond acceptors (Lipinski definition) is 8. The third-order valence-corrected chi connectivity index (χ3v) is 5.72. The molecule has 11 nitrogen and oxygen atoms in total. The van der Waals surface area contributed by atoms with E-state index in [9.17, 15) is 18.0 Å². The highest BCUT2D eigenvalue weighted by molar-refractivity contribution is 6.30. The standard InChI is InChI=1S/C22H19ClN8O.C2HF3O2/c1-11-5-3-8-15-28-17(16(21(32)31(11)15)13-6-4-7-14(23)9-13)12(2)27-20-18-19(26-10-25-18)29-22(24)30-20;3-2(4,5)1(6)7/h3-10,12H,1-2H3,(H4,24,25,26,27,29,30);(H,6,7). The fraction of sp³-hybridized carbons (Fsp3) is 0.167. The van der Waals surface area contributed by atoms with Gasteiger partial charge in [-0.05, 0) is 43.7 Å². The smallest absolute Gasteiger partial charge is 0.475 e. The molecule has 202 valence electrons. The number of carboxylic acids is 1. The van der Waals surface area contributed by atoms with E-state index in [1.807, 2.05) is 38.1 Å². The Balaban J connectivity index is 0.000000448. The van der Waals surface area contributed by atoms with Crippen LogP contribution in [0.4, 0.5) is 24.9 Å². The number of aromatic amines is 1. The third kappa shape index (κ3) is 5.75. The van der Waals surface area contributed by atoms with Gasteiger partial charge in [0, 0.05) is 10.7 Å². The summed E-state index contributed by atoms with van der Waals surface area (Å²) in [6, 6.07) is 12.3. The SMILES string of the molecule is Cc1cccc2nc(C(C)Nc3nc(N)nc4[nH]cnc34)c(-c3cccc(Cl)c3)c(=O)n12.O=C(O)C(F)(F)F. The van der Waals surface area contributed by atoms with Crippen LogP contribution in [0, 0.1) is 6.92 Å². The Morgan fingerprint density at radius 1 is 1.18 bits per heavy atom. The fourth-order valence-electron chi connectivity index (χ4n) is 3.81. The maximum Gasteiger partial charge on any atom is 0.490 e. The van der Waals surface area contributed by atoms with Gasteiger partial charge in [0.2, 0.25) is 5.95 Å². The molecule has 0 aliphatic carbocycles. The van der Waals surface area contributed by atoms with E-state index in [-0.39, 0.29) is 11.5 Å². The summed E-state index contributed by atoms with van der Waals surface area (Å²) in [5.41, 5.74) is 9.79. The summed E-state index contributed by atoms with van der Waals surface area (Å²) in [5.74, 6) is -2.20. The minimum atomic E-state index is -5.08. The first kappa shape index (κ1) is 27.3. The number of aliphatic carboxylic acids is 1. The summed E-state index contributed by atoms with van der Waals surface area (Å²) in [6.45, 7) is 3.77. The van der Waals surface area contributed by atoms with Crippen molar-refractivity contribution in [2.24, 2.45) is 0 Å².